The molecule has 1 aromatic rings. The lowest BCUT2D eigenvalue weighted by Gasteiger charge is -2.35. The maximum atomic E-state index is 5.49. The summed E-state index contributed by atoms with van der Waals surface area (Å²) < 4.78 is 10.7. The zero-order chi connectivity index (χ0) is 10.1. The Morgan fingerprint density at radius 1 is 1.43 bits per heavy atom. The van der Waals surface area contributed by atoms with E-state index in [2.05, 4.69) is 10.2 Å². The molecule has 0 aliphatic carbocycles. The highest BCUT2D eigenvalue weighted by molar-refractivity contribution is 5.30. The van der Waals surface area contributed by atoms with Gasteiger partial charge in [-0.1, -0.05) is 10.2 Å². The van der Waals surface area contributed by atoms with Crippen LogP contribution in [0.2, 0.25) is 0 Å². The number of anilines is 2. The number of rotatable bonds is 1. The van der Waals surface area contributed by atoms with Gasteiger partial charge in [0.1, 0.15) is 0 Å². The Hall–Kier alpha value is -1.30. The second-order valence-electron chi connectivity index (χ2n) is 3.57. The van der Waals surface area contributed by atoms with Crippen LogP contribution in [0.5, 0.6) is 0 Å². The van der Waals surface area contributed by atoms with Crippen LogP contribution in [0.25, 0.3) is 0 Å². The minimum Gasteiger partial charge on any atom is -0.390 e. The average molecular weight is 198 g/mol. The summed E-state index contributed by atoms with van der Waals surface area (Å²) in [5.74, 6) is 0. The van der Waals surface area contributed by atoms with Crippen molar-refractivity contribution < 1.29 is 9.15 Å². The lowest BCUT2D eigenvalue weighted by atomic mass is 10.2. The highest BCUT2D eigenvalue weighted by Gasteiger charge is 2.27. The van der Waals surface area contributed by atoms with Gasteiger partial charge < -0.3 is 19.8 Å². The van der Waals surface area contributed by atoms with Crippen molar-refractivity contribution in [2.24, 2.45) is 0 Å². The number of morpholine rings is 1. The highest BCUT2D eigenvalue weighted by atomic mass is 16.5. The predicted molar refractivity (Wildman–Crippen MR) is 50.9 cm³/mol. The number of hydrogen-bond acceptors (Lipinski definition) is 6. The van der Waals surface area contributed by atoms with Crippen molar-refractivity contribution in [2.75, 3.05) is 23.8 Å². The van der Waals surface area contributed by atoms with Crippen molar-refractivity contribution in [3.05, 3.63) is 0 Å². The van der Waals surface area contributed by atoms with Gasteiger partial charge in [-0.2, -0.15) is 0 Å². The molecule has 1 aromatic heterocycles. The molecule has 0 spiro atoms. The summed E-state index contributed by atoms with van der Waals surface area (Å²) in [6, 6.07) is 0.822. The molecule has 78 valence electrons. The Labute approximate surface area is 82.0 Å². The van der Waals surface area contributed by atoms with Gasteiger partial charge in [0.05, 0.1) is 18.8 Å². The molecule has 2 atom stereocenters. The SMILES string of the molecule is CC1CN(c2nnc(N)o2)C(C)CO1. The minimum atomic E-state index is 0.103. The van der Waals surface area contributed by atoms with E-state index in [-0.39, 0.29) is 18.2 Å². The van der Waals surface area contributed by atoms with Gasteiger partial charge in [-0.05, 0) is 13.8 Å². The molecule has 1 aliphatic rings. The van der Waals surface area contributed by atoms with E-state index in [1.807, 2.05) is 18.7 Å². The summed E-state index contributed by atoms with van der Waals surface area (Å²) in [6.07, 6.45) is 0.180. The highest BCUT2D eigenvalue weighted by Crippen LogP contribution is 2.20. The van der Waals surface area contributed by atoms with E-state index in [0.717, 1.165) is 6.54 Å². The lowest BCUT2D eigenvalue weighted by Crippen LogP contribution is -2.47. The maximum absolute atomic E-state index is 5.49. The first-order valence-electron chi connectivity index (χ1n) is 4.64. The molecule has 0 bridgehead atoms. The Kier molecular flexibility index (Phi) is 2.28. The first-order chi connectivity index (χ1) is 6.66. The minimum absolute atomic E-state index is 0.103. The number of nitrogens with two attached hydrogens (primary N) is 1. The summed E-state index contributed by atoms with van der Waals surface area (Å²) in [4.78, 5) is 2.01. The molecule has 0 radical (unpaired) electrons. The third kappa shape index (κ3) is 1.65. The van der Waals surface area contributed by atoms with Gasteiger partial charge in [-0.3, -0.25) is 0 Å². The average Bonchev–Trinajstić information content (AvgIpc) is 2.56. The van der Waals surface area contributed by atoms with E-state index < -0.39 is 0 Å². The van der Waals surface area contributed by atoms with Crippen molar-refractivity contribution in [2.45, 2.75) is 26.0 Å². The fourth-order valence-electron chi connectivity index (χ4n) is 1.51. The van der Waals surface area contributed by atoms with Crippen molar-refractivity contribution in [1.29, 1.82) is 0 Å². The van der Waals surface area contributed by atoms with E-state index >= 15 is 0 Å². The summed E-state index contributed by atoms with van der Waals surface area (Å²) >= 11 is 0. The van der Waals surface area contributed by atoms with Crippen LogP contribution in [0.4, 0.5) is 12.0 Å². The molecule has 1 aliphatic heterocycles. The van der Waals surface area contributed by atoms with Crippen LogP contribution < -0.4 is 10.6 Å². The maximum Gasteiger partial charge on any atom is 0.319 e. The topological polar surface area (TPSA) is 77.4 Å². The number of nitrogens with zero attached hydrogens (tertiary/aromatic N) is 3. The van der Waals surface area contributed by atoms with Crippen LogP contribution in [0.1, 0.15) is 13.8 Å². The van der Waals surface area contributed by atoms with Crippen molar-refractivity contribution in [1.82, 2.24) is 10.2 Å². The molecule has 0 amide bonds. The van der Waals surface area contributed by atoms with Gasteiger partial charge in [0.15, 0.2) is 0 Å². The van der Waals surface area contributed by atoms with Gasteiger partial charge in [-0.15, -0.1) is 0 Å². The third-order valence-corrected chi connectivity index (χ3v) is 2.28. The summed E-state index contributed by atoms with van der Waals surface area (Å²) in [6.45, 7) is 5.48. The van der Waals surface area contributed by atoms with Crippen molar-refractivity contribution in [3.63, 3.8) is 0 Å². The van der Waals surface area contributed by atoms with Crippen LogP contribution in [-0.4, -0.2) is 35.5 Å². The quantitative estimate of drug-likeness (QED) is 0.697. The first-order valence-corrected chi connectivity index (χ1v) is 4.64. The summed E-state index contributed by atoms with van der Waals surface area (Å²) in [5, 5.41) is 7.48. The molecule has 2 N–H and O–H groups in total. The molecule has 6 heteroatoms. The van der Waals surface area contributed by atoms with Gasteiger partial charge in [0.25, 0.3) is 0 Å². The number of aromatic nitrogens is 2. The molecule has 0 aromatic carbocycles. The van der Waals surface area contributed by atoms with Gasteiger partial charge in [0.2, 0.25) is 0 Å². The molecule has 1 saturated heterocycles. The molecule has 14 heavy (non-hydrogen) atoms. The normalized spacial score (nSPS) is 28.0. The van der Waals surface area contributed by atoms with Crippen LogP contribution in [-0.2, 0) is 4.74 Å². The predicted octanol–water partition coefficient (Wildman–Crippen LogP) is 0.265. The monoisotopic (exact) mass is 198 g/mol. The number of ether oxygens (including phenoxy) is 1. The molecule has 2 unspecified atom stereocenters. The number of nitrogen functional groups attached to an aromatic ring is 1. The van der Waals surface area contributed by atoms with E-state index in [0.29, 0.717) is 12.6 Å². The first kappa shape index (κ1) is 9.26. The van der Waals surface area contributed by atoms with Gasteiger partial charge in [0, 0.05) is 6.54 Å². The molecular formula is C8H14N4O2. The van der Waals surface area contributed by atoms with Gasteiger partial charge >= 0.3 is 12.0 Å². The molecule has 6 nitrogen and oxygen atoms in total. The van der Waals surface area contributed by atoms with Crippen LogP contribution in [0.3, 0.4) is 0 Å². The van der Waals surface area contributed by atoms with E-state index in [1.165, 1.54) is 0 Å². The van der Waals surface area contributed by atoms with Crippen LogP contribution in [0.15, 0.2) is 4.42 Å². The molecule has 1 fully saturated rings. The Morgan fingerprint density at radius 2 is 2.21 bits per heavy atom. The summed E-state index contributed by atoms with van der Waals surface area (Å²) in [7, 11) is 0. The van der Waals surface area contributed by atoms with Gasteiger partial charge in [-0.25, -0.2) is 0 Å². The fraction of sp³-hybridized carbons (Fsp3) is 0.750. The van der Waals surface area contributed by atoms with E-state index in [4.69, 9.17) is 14.9 Å². The molecular weight excluding hydrogens is 184 g/mol. The van der Waals surface area contributed by atoms with E-state index in [1.54, 1.807) is 0 Å². The van der Waals surface area contributed by atoms with Crippen molar-refractivity contribution >= 4 is 12.0 Å². The smallest absolute Gasteiger partial charge is 0.319 e. The Balaban J connectivity index is 2.15. The van der Waals surface area contributed by atoms with Crippen LogP contribution >= 0.6 is 0 Å². The zero-order valence-electron chi connectivity index (χ0n) is 8.30. The molecule has 2 rings (SSSR count). The standard InChI is InChI=1S/C8H14N4O2/c1-5-4-13-6(2)3-12(5)8-11-10-7(9)14-8/h5-6H,3-4H2,1-2H3,(H2,9,10). The summed E-state index contributed by atoms with van der Waals surface area (Å²) in [5.41, 5.74) is 5.37. The second kappa shape index (κ2) is 3.45. The Morgan fingerprint density at radius 3 is 2.86 bits per heavy atom. The Bertz CT molecular complexity index is 314. The molecule has 0 saturated carbocycles. The number of hydrogen-bond donors (Lipinski definition) is 1. The zero-order valence-corrected chi connectivity index (χ0v) is 8.30. The second-order valence-corrected chi connectivity index (χ2v) is 3.57. The van der Waals surface area contributed by atoms with Crippen LogP contribution in [0, 0.1) is 0 Å². The third-order valence-electron chi connectivity index (χ3n) is 2.28. The molecule has 2 heterocycles. The van der Waals surface area contributed by atoms with E-state index in [9.17, 15) is 0 Å². The fourth-order valence-corrected chi connectivity index (χ4v) is 1.51. The lowest BCUT2D eigenvalue weighted by molar-refractivity contribution is 0.0323. The van der Waals surface area contributed by atoms with Crippen molar-refractivity contribution in [3.8, 4) is 0 Å². The largest absolute Gasteiger partial charge is 0.390 e.